The Kier molecular flexibility index (Phi) is 8.19. The van der Waals surface area contributed by atoms with Crippen LogP contribution in [0, 0.1) is 3.57 Å². The Balaban J connectivity index is 1.28. The van der Waals surface area contributed by atoms with E-state index in [0.717, 1.165) is 31.0 Å². The van der Waals surface area contributed by atoms with Gasteiger partial charge in [-0.1, -0.05) is 84.9 Å². The number of benzene rings is 5. The number of carbonyl (C=O) groups is 1. The lowest BCUT2D eigenvalue weighted by Crippen LogP contribution is -2.19. The van der Waals surface area contributed by atoms with E-state index in [1.54, 1.807) is 6.21 Å². The van der Waals surface area contributed by atoms with Crippen molar-refractivity contribution in [3.8, 4) is 11.5 Å². The molecule has 5 rings (SSSR count). The van der Waals surface area contributed by atoms with Gasteiger partial charge in [0.15, 0.2) is 11.5 Å². The number of carbonyl (C=O) groups excluding carboxylic acids is 1. The number of amides is 1. The second-order valence-corrected chi connectivity index (χ2v) is 9.96. The summed E-state index contributed by atoms with van der Waals surface area (Å²) in [4.78, 5) is 12.6. The van der Waals surface area contributed by atoms with Gasteiger partial charge in [0.1, 0.15) is 6.61 Å². The summed E-state index contributed by atoms with van der Waals surface area (Å²) in [7, 11) is 0. The number of hydrazone groups is 1. The van der Waals surface area contributed by atoms with E-state index in [0.29, 0.717) is 24.7 Å². The largest absolute Gasteiger partial charge is 0.490 e. The maximum Gasteiger partial charge on any atom is 0.244 e. The van der Waals surface area contributed by atoms with Gasteiger partial charge in [-0.2, -0.15) is 5.10 Å². The van der Waals surface area contributed by atoms with Crippen molar-refractivity contribution in [3.05, 3.63) is 117 Å². The first kappa shape index (κ1) is 25.7. The molecule has 0 spiro atoms. The minimum Gasteiger partial charge on any atom is -0.490 e. The van der Waals surface area contributed by atoms with Crippen LogP contribution in [0.25, 0.3) is 21.5 Å². The molecule has 6 heteroatoms. The van der Waals surface area contributed by atoms with Crippen molar-refractivity contribution >= 4 is 56.3 Å². The molecule has 0 heterocycles. The molecule has 0 aliphatic carbocycles. The fourth-order valence-electron chi connectivity index (χ4n) is 4.47. The molecule has 190 valence electrons. The van der Waals surface area contributed by atoms with Gasteiger partial charge in [0, 0.05) is 0 Å². The van der Waals surface area contributed by atoms with Crippen LogP contribution in [0.1, 0.15) is 23.6 Å². The Morgan fingerprint density at radius 2 is 1.47 bits per heavy atom. The summed E-state index contributed by atoms with van der Waals surface area (Å²) < 4.78 is 13.1. The van der Waals surface area contributed by atoms with E-state index in [1.807, 2.05) is 79.7 Å². The van der Waals surface area contributed by atoms with Crippen LogP contribution in [-0.4, -0.2) is 18.7 Å². The number of halogens is 1. The molecule has 0 bridgehead atoms. The lowest BCUT2D eigenvalue weighted by Gasteiger charge is -2.15. The first-order valence-corrected chi connectivity index (χ1v) is 13.5. The van der Waals surface area contributed by atoms with Crippen molar-refractivity contribution in [2.75, 3.05) is 6.61 Å². The fourth-order valence-corrected chi connectivity index (χ4v) is 5.25. The predicted octanol–water partition coefficient (Wildman–Crippen LogP) is 7.27. The minimum atomic E-state index is -0.174. The highest BCUT2D eigenvalue weighted by Gasteiger charge is 2.13. The molecular weight excluding hydrogens is 587 g/mol. The molecule has 0 aromatic heterocycles. The number of hydrogen-bond acceptors (Lipinski definition) is 4. The first-order valence-electron chi connectivity index (χ1n) is 12.5. The molecule has 1 amide bonds. The highest BCUT2D eigenvalue weighted by molar-refractivity contribution is 14.1. The third kappa shape index (κ3) is 5.97. The highest BCUT2D eigenvalue weighted by atomic mass is 127. The van der Waals surface area contributed by atoms with Crippen LogP contribution in [-0.2, 0) is 17.8 Å². The quantitative estimate of drug-likeness (QED) is 0.108. The molecule has 5 aromatic carbocycles. The summed E-state index contributed by atoms with van der Waals surface area (Å²) in [5.41, 5.74) is 5.54. The van der Waals surface area contributed by atoms with Gasteiger partial charge in [-0.05, 0) is 79.9 Å². The lowest BCUT2D eigenvalue weighted by molar-refractivity contribution is -0.120. The molecule has 0 saturated heterocycles. The predicted molar refractivity (Wildman–Crippen MR) is 162 cm³/mol. The summed E-state index contributed by atoms with van der Waals surface area (Å²) in [6.07, 6.45) is 1.88. The van der Waals surface area contributed by atoms with E-state index >= 15 is 0 Å². The minimum absolute atomic E-state index is 0.174. The number of nitrogens with zero attached hydrogens (tertiary/aromatic N) is 1. The van der Waals surface area contributed by atoms with Gasteiger partial charge in [-0.3, -0.25) is 4.79 Å². The molecule has 0 atom stereocenters. The average molecular weight is 614 g/mol. The van der Waals surface area contributed by atoms with Crippen molar-refractivity contribution in [2.24, 2.45) is 5.10 Å². The monoisotopic (exact) mass is 614 g/mol. The first-order chi connectivity index (χ1) is 18.6. The normalized spacial score (nSPS) is 11.2. The van der Waals surface area contributed by atoms with Crippen LogP contribution in [0.5, 0.6) is 11.5 Å². The van der Waals surface area contributed by atoms with E-state index < -0.39 is 0 Å². The number of rotatable bonds is 9. The van der Waals surface area contributed by atoms with E-state index in [4.69, 9.17) is 9.47 Å². The Labute approximate surface area is 235 Å². The summed E-state index contributed by atoms with van der Waals surface area (Å²) in [6, 6.07) is 32.4. The molecule has 1 N–H and O–H groups in total. The standard InChI is InChI=1S/C32H27IN2O3/c1-2-37-30-18-22(20-34-35-31(36)19-25-13-7-11-23-9-3-5-15-27(23)25)17-29(33)32(30)38-21-26-14-8-12-24-10-4-6-16-28(24)26/h3-18,20H,2,19,21H2,1H3,(H,35,36)/b34-20-. The Bertz CT molecular complexity index is 1620. The zero-order valence-corrected chi connectivity index (χ0v) is 23.1. The van der Waals surface area contributed by atoms with Gasteiger partial charge >= 0.3 is 0 Å². The van der Waals surface area contributed by atoms with Crippen LogP contribution in [0.2, 0.25) is 0 Å². The Morgan fingerprint density at radius 3 is 2.18 bits per heavy atom. The van der Waals surface area contributed by atoms with Crippen LogP contribution in [0.3, 0.4) is 0 Å². The number of hydrogen-bond donors (Lipinski definition) is 1. The molecule has 38 heavy (non-hydrogen) atoms. The fraction of sp³-hybridized carbons (Fsp3) is 0.125. The van der Waals surface area contributed by atoms with Gasteiger partial charge < -0.3 is 9.47 Å². The van der Waals surface area contributed by atoms with E-state index in [-0.39, 0.29) is 12.3 Å². The lowest BCUT2D eigenvalue weighted by atomic mass is 10.0. The van der Waals surface area contributed by atoms with Crippen molar-refractivity contribution in [1.82, 2.24) is 5.43 Å². The summed E-state index contributed by atoms with van der Waals surface area (Å²) in [5.74, 6) is 1.16. The summed E-state index contributed by atoms with van der Waals surface area (Å²) in [6.45, 7) is 2.87. The molecular formula is C32H27IN2O3. The third-order valence-electron chi connectivity index (χ3n) is 6.22. The second-order valence-electron chi connectivity index (χ2n) is 8.80. The van der Waals surface area contributed by atoms with Gasteiger partial charge in [0.05, 0.1) is 22.8 Å². The zero-order valence-electron chi connectivity index (χ0n) is 21.0. The molecule has 5 aromatic rings. The SMILES string of the molecule is CCOc1cc(/C=N\NC(=O)Cc2cccc3ccccc23)cc(I)c1OCc1cccc2ccccc12. The maximum absolute atomic E-state index is 12.6. The van der Waals surface area contributed by atoms with Gasteiger partial charge in [-0.15, -0.1) is 0 Å². The van der Waals surface area contributed by atoms with Gasteiger partial charge in [0.2, 0.25) is 5.91 Å². The van der Waals surface area contributed by atoms with Crippen LogP contribution in [0.4, 0.5) is 0 Å². The third-order valence-corrected chi connectivity index (χ3v) is 7.02. The molecule has 5 nitrogen and oxygen atoms in total. The Hall–Kier alpha value is -3.91. The van der Waals surface area contributed by atoms with E-state index in [2.05, 4.69) is 57.4 Å². The molecule has 0 aliphatic rings. The van der Waals surface area contributed by atoms with Crippen LogP contribution in [0.15, 0.2) is 102 Å². The van der Waals surface area contributed by atoms with Crippen LogP contribution < -0.4 is 14.9 Å². The molecule has 0 saturated carbocycles. The van der Waals surface area contributed by atoms with Crippen molar-refractivity contribution in [2.45, 2.75) is 20.0 Å². The van der Waals surface area contributed by atoms with Crippen molar-refractivity contribution in [1.29, 1.82) is 0 Å². The topological polar surface area (TPSA) is 59.9 Å². The number of ether oxygens (including phenoxy) is 2. The van der Waals surface area contributed by atoms with E-state index in [1.165, 1.54) is 10.8 Å². The maximum atomic E-state index is 12.6. The molecule has 0 fully saturated rings. The summed E-state index contributed by atoms with van der Waals surface area (Å²) in [5, 5.41) is 8.73. The Morgan fingerprint density at radius 1 is 0.842 bits per heavy atom. The van der Waals surface area contributed by atoms with Crippen LogP contribution >= 0.6 is 22.6 Å². The zero-order chi connectivity index (χ0) is 26.3. The number of nitrogens with one attached hydrogen (secondary N) is 1. The molecule has 0 aliphatic heterocycles. The van der Waals surface area contributed by atoms with Gasteiger partial charge in [-0.25, -0.2) is 5.43 Å². The number of fused-ring (bicyclic) bond motifs is 2. The second kappa shape index (κ2) is 12.1. The van der Waals surface area contributed by atoms with E-state index in [9.17, 15) is 4.79 Å². The van der Waals surface area contributed by atoms with Crippen molar-refractivity contribution in [3.63, 3.8) is 0 Å². The smallest absolute Gasteiger partial charge is 0.244 e. The molecule has 0 unspecified atom stereocenters. The van der Waals surface area contributed by atoms with Gasteiger partial charge in [0.25, 0.3) is 0 Å². The van der Waals surface area contributed by atoms with Crippen molar-refractivity contribution < 1.29 is 14.3 Å². The summed E-state index contributed by atoms with van der Waals surface area (Å²) >= 11 is 2.25. The highest BCUT2D eigenvalue weighted by Crippen LogP contribution is 2.35. The average Bonchev–Trinajstić information content (AvgIpc) is 2.93. The molecule has 0 radical (unpaired) electrons.